The monoisotopic (exact) mass is 343 g/mol. The van der Waals surface area contributed by atoms with Crippen molar-refractivity contribution in [2.75, 3.05) is 12.4 Å². The molecule has 4 heteroatoms. The van der Waals surface area contributed by atoms with Crippen molar-refractivity contribution < 1.29 is 4.79 Å². The fourth-order valence-electron chi connectivity index (χ4n) is 2.88. The van der Waals surface area contributed by atoms with Gasteiger partial charge in [-0.3, -0.25) is 9.69 Å². The minimum atomic E-state index is -0.299. The van der Waals surface area contributed by atoms with Crippen molar-refractivity contribution in [2.45, 2.75) is 19.5 Å². The molecule has 0 saturated heterocycles. The van der Waals surface area contributed by atoms with Gasteiger partial charge in [0.1, 0.15) is 0 Å². The minimum absolute atomic E-state index is 0.0941. The number of benzene rings is 3. The Bertz CT molecular complexity index is 974. The van der Waals surface area contributed by atoms with Crippen LogP contribution >= 0.6 is 0 Å². The summed E-state index contributed by atoms with van der Waals surface area (Å²) in [6, 6.07) is 23.3. The maximum atomic E-state index is 12.5. The number of rotatable bonds is 5. The molecule has 0 aromatic heterocycles. The molecule has 0 aliphatic carbocycles. The molecule has 0 aliphatic heterocycles. The van der Waals surface area contributed by atoms with Crippen molar-refractivity contribution in [3.63, 3.8) is 0 Å². The molecule has 26 heavy (non-hydrogen) atoms. The first-order chi connectivity index (χ1) is 12.6. The molecule has 0 radical (unpaired) electrons. The number of nitriles is 1. The van der Waals surface area contributed by atoms with Crippen molar-refractivity contribution in [3.05, 3.63) is 77.9 Å². The van der Waals surface area contributed by atoms with Gasteiger partial charge in [-0.05, 0) is 54.6 Å². The summed E-state index contributed by atoms with van der Waals surface area (Å²) < 4.78 is 0. The van der Waals surface area contributed by atoms with E-state index in [4.69, 9.17) is 5.26 Å². The Labute approximate surface area is 153 Å². The molecule has 0 heterocycles. The number of nitrogens with one attached hydrogen (secondary N) is 1. The zero-order valence-electron chi connectivity index (χ0n) is 14.9. The zero-order chi connectivity index (χ0) is 18.5. The molecule has 0 unspecified atom stereocenters. The number of carbonyl (C=O) groups excluding carboxylic acids is 1. The first-order valence-electron chi connectivity index (χ1n) is 8.56. The Kier molecular flexibility index (Phi) is 5.31. The van der Waals surface area contributed by atoms with Crippen molar-refractivity contribution in [3.8, 4) is 6.07 Å². The van der Waals surface area contributed by atoms with E-state index in [0.717, 1.165) is 5.56 Å². The van der Waals surface area contributed by atoms with E-state index >= 15 is 0 Å². The first-order valence-corrected chi connectivity index (χ1v) is 8.56. The second-order valence-corrected chi connectivity index (χ2v) is 6.45. The molecule has 1 atom stereocenters. The molecular weight excluding hydrogens is 322 g/mol. The average Bonchev–Trinajstić information content (AvgIpc) is 2.67. The maximum absolute atomic E-state index is 12.5. The largest absolute Gasteiger partial charge is 0.325 e. The lowest BCUT2D eigenvalue weighted by Gasteiger charge is -2.24. The van der Waals surface area contributed by atoms with Crippen molar-refractivity contribution in [2.24, 2.45) is 0 Å². The highest BCUT2D eigenvalue weighted by Gasteiger charge is 2.18. The van der Waals surface area contributed by atoms with Crippen LogP contribution in [0.3, 0.4) is 0 Å². The van der Waals surface area contributed by atoms with E-state index in [9.17, 15) is 4.79 Å². The molecule has 1 amide bonds. The summed E-state index contributed by atoms with van der Waals surface area (Å²) in [5.41, 5.74) is 2.33. The summed E-state index contributed by atoms with van der Waals surface area (Å²) in [5.74, 6) is -0.0941. The maximum Gasteiger partial charge on any atom is 0.241 e. The fourth-order valence-corrected chi connectivity index (χ4v) is 2.88. The predicted molar refractivity (Wildman–Crippen MR) is 105 cm³/mol. The van der Waals surface area contributed by atoms with Gasteiger partial charge in [-0.15, -0.1) is 0 Å². The number of hydrogen-bond acceptors (Lipinski definition) is 3. The van der Waals surface area contributed by atoms with Gasteiger partial charge in [0.05, 0.1) is 17.7 Å². The van der Waals surface area contributed by atoms with Crippen LogP contribution in [0.1, 0.15) is 18.1 Å². The zero-order valence-corrected chi connectivity index (χ0v) is 14.9. The number of anilines is 1. The van der Waals surface area contributed by atoms with Crippen LogP contribution < -0.4 is 5.32 Å². The van der Waals surface area contributed by atoms with Gasteiger partial charge in [0.2, 0.25) is 5.91 Å². The van der Waals surface area contributed by atoms with Crippen LogP contribution in [0.4, 0.5) is 5.69 Å². The minimum Gasteiger partial charge on any atom is -0.325 e. The highest BCUT2D eigenvalue weighted by Crippen LogP contribution is 2.17. The summed E-state index contributed by atoms with van der Waals surface area (Å²) in [5, 5.41) is 14.3. The summed E-state index contributed by atoms with van der Waals surface area (Å²) in [6.07, 6.45) is 0. The Balaban J connectivity index is 1.66. The summed E-state index contributed by atoms with van der Waals surface area (Å²) in [4.78, 5) is 14.5. The second kappa shape index (κ2) is 7.81. The van der Waals surface area contributed by atoms with Crippen LogP contribution in [0, 0.1) is 11.3 Å². The smallest absolute Gasteiger partial charge is 0.241 e. The van der Waals surface area contributed by atoms with Crippen LogP contribution in [0.2, 0.25) is 0 Å². The molecule has 0 aliphatic rings. The van der Waals surface area contributed by atoms with Crippen molar-refractivity contribution in [1.82, 2.24) is 4.90 Å². The number of nitrogens with zero attached hydrogens (tertiary/aromatic N) is 2. The van der Waals surface area contributed by atoms with E-state index in [0.29, 0.717) is 17.8 Å². The molecule has 130 valence electrons. The molecule has 0 fully saturated rings. The van der Waals surface area contributed by atoms with Gasteiger partial charge in [0, 0.05) is 12.2 Å². The predicted octanol–water partition coefficient (Wildman–Crippen LogP) is 4.17. The van der Waals surface area contributed by atoms with E-state index in [1.807, 2.05) is 31.0 Å². The van der Waals surface area contributed by atoms with Gasteiger partial charge in [0.15, 0.2) is 0 Å². The van der Waals surface area contributed by atoms with Crippen molar-refractivity contribution >= 4 is 22.4 Å². The van der Waals surface area contributed by atoms with Crippen LogP contribution in [-0.4, -0.2) is 23.9 Å². The lowest BCUT2D eigenvalue weighted by molar-refractivity contribution is -0.120. The van der Waals surface area contributed by atoms with Gasteiger partial charge in [-0.1, -0.05) is 42.5 Å². The van der Waals surface area contributed by atoms with E-state index < -0.39 is 0 Å². The number of likely N-dealkylation sites (N-methyl/N-ethyl adjacent to an activating group) is 1. The molecule has 3 aromatic rings. The van der Waals surface area contributed by atoms with E-state index in [-0.39, 0.29) is 11.9 Å². The Morgan fingerprint density at radius 3 is 2.62 bits per heavy atom. The number of carbonyl (C=O) groups is 1. The Morgan fingerprint density at radius 2 is 1.85 bits per heavy atom. The van der Waals surface area contributed by atoms with Crippen LogP contribution in [0.15, 0.2) is 66.7 Å². The highest BCUT2D eigenvalue weighted by molar-refractivity contribution is 5.94. The van der Waals surface area contributed by atoms with Crippen LogP contribution in [0.25, 0.3) is 10.8 Å². The average molecular weight is 343 g/mol. The number of fused-ring (bicyclic) bond motifs is 1. The summed E-state index contributed by atoms with van der Waals surface area (Å²) in [7, 11) is 1.94. The quantitative estimate of drug-likeness (QED) is 0.756. The molecule has 0 spiro atoms. The van der Waals surface area contributed by atoms with Gasteiger partial charge >= 0.3 is 0 Å². The van der Waals surface area contributed by atoms with Crippen molar-refractivity contribution in [1.29, 1.82) is 5.26 Å². The molecule has 0 bridgehead atoms. The molecule has 0 saturated carbocycles. The van der Waals surface area contributed by atoms with E-state index in [2.05, 4.69) is 41.7 Å². The third kappa shape index (κ3) is 4.08. The molecule has 1 N–H and O–H groups in total. The molecular formula is C22H21N3O. The highest BCUT2D eigenvalue weighted by atomic mass is 16.2. The Morgan fingerprint density at radius 1 is 1.08 bits per heavy atom. The van der Waals surface area contributed by atoms with Gasteiger partial charge < -0.3 is 5.32 Å². The first kappa shape index (κ1) is 17.7. The topological polar surface area (TPSA) is 56.1 Å². The van der Waals surface area contributed by atoms with Gasteiger partial charge in [-0.2, -0.15) is 5.26 Å². The SMILES string of the molecule is C[C@@H](C(=O)Nc1cccc(C#N)c1)N(C)Cc1ccc2ccccc2c1. The second-order valence-electron chi connectivity index (χ2n) is 6.45. The lowest BCUT2D eigenvalue weighted by atomic mass is 10.1. The Hall–Kier alpha value is -3.16. The molecule has 3 rings (SSSR count). The normalized spacial score (nSPS) is 11.9. The van der Waals surface area contributed by atoms with Crippen LogP contribution in [0.5, 0.6) is 0 Å². The summed E-state index contributed by atoms with van der Waals surface area (Å²) >= 11 is 0. The third-order valence-electron chi connectivity index (χ3n) is 4.55. The van der Waals surface area contributed by atoms with E-state index in [1.54, 1.807) is 24.3 Å². The van der Waals surface area contributed by atoms with Crippen LogP contribution in [-0.2, 0) is 11.3 Å². The third-order valence-corrected chi connectivity index (χ3v) is 4.55. The summed E-state index contributed by atoms with van der Waals surface area (Å²) in [6.45, 7) is 2.56. The lowest BCUT2D eigenvalue weighted by Crippen LogP contribution is -2.39. The molecule has 4 nitrogen and oxygen atoms in total. The van der Waals surface area contributed by atoms with Gasteiger partial charge in [-0.25, -0.2) is 0 Å². The van der Waals surface area contributed by atoms with Gasteiger partial charge in [0.25, 0.3) is 0 Å². The number of amides is 1. The van der Waals surface area contributed by atoms with E-state index in [1.165, 1.54) is 10.8 Å². The fraction of sp³-hybridized carbons (Fsp3) is 0.182. The standard InChI is InChI=1S/C22H21N3O/c1-16(22(26)24-21-9-5-6-17(13-21)14-23)25(2)15-18-10-11-19-7-3-4-8-20(19)12-18/h3-13,16H,15H2,1-2H3,(H,24,26)/t16-/m0/s1. The number of hydrogen-bond donors (Lipinski definition) is 1. The molecule has 3 aromatic carbocycles.